The lowest BCUT2D eigenvalue weighted by Gasteiger charge is -2.07. The van der Waals surface area contributed by atoms with Crippen LogP contribution in [0.2, 0.25) is 0 Å². The van der Waals surface area contributed by atoms with Crippen molar-refractivity contribution >= 4 is 28.4 Å². The van der Waals surface area contributed by atoms with E-state index < -0.39 is 0 Å². The summed E-state index contributed by atoms with van der Waals surface area (Å²) < 4.78 is 0. The van der Waals surface area contributed by atoms with Crippen LogP contribution in [0, 0.1) is 6.92 Å². The van der Waals surface area contributed by atoms with Gasteiger partial charge in [0.05, 0.1) is 11.3 Å². The standard InChI is InChI=1S/C25H24N4O2/c1-16-21(22-5-3-4-6-24(22)28-16)13-14-26-25(31)19-9-12-23(27-15-19)18-7-10-20(11-8-18)29-17(2)30/h3-12,15,28H,13-14H2,1-2H3,(H,26,31)(H,29,30). The van der Waals surface area contributed by atoms with E-state index in [2.05, 4.69) is 39.7 Å². The van der Waals surface area contributed by atoms with Crippen molar-refractivity contribution in [2.75, 3.05) is 11.9 Å². The molecule has 6 heteroatoms. The highest BCUT2D eigenvalue weighted by molar-refractivity contribution is 5.94. The number of benzene rings is 2. The van der Waals surface area contributed by atoms with Crippen molar-refractivity contribution in [1.29, 1.82) is 0 Å². The molecule has 0 aliphatic carbocycles. The van der Waals surface area contributed by atoms with Gasteiger partial charge in [-0.15, -0.1) is 0 Å². The van der Waals surface area contributed by atoms with Crippen molar-refractivity contribution in [3.05, 3.63) is 83.7 Å². The molecule has 0 atom stereocenters. The number of fused-ring (bicyclic) bond motifs is 1. The van der Waals surface area contributed by atoms with E-state index in [1.54, 1.807) is 12.3 Å². The fourth-order valence-electron chi connectivity index (χ4n) is 3.69. The summed E-state index contributed by atoms with van der Waals surface area (Å²) in [5, 5.41) is 6.92. The molecule has 3 N–H and O–H groups in total. The van der Waals surface area contributed by atoms with Gasteiger partial charge in [0.15, 0.2) is 0 Å². The first-order valence-corrected chi connectivity index (χ1v) is 10.2. The summed E-state index contributed by atoms with van der Waals surface area (Å²) >= 11 is 0. The molecule has 0 unspecified atom stereocenters. The second-order valence-corrected chi connectivity index (χ2v) is 7.47. The quantitative estimate of drug-likeness (QED) is 0.437. The van der Waals surface area contributed by atoms with Crippen LogP contribution in [0.25, 0.3) is 22.2 Å². The number of aromatic nitrogens is 2. The molecule has 2 heterocycles. The number of carbonyl (C=O) groups excluding carboxylic acids is 2. The maximum absolute atomic E-state index is 12.5. The predicted molar refractivity (Wildman–Crippen MR) is 123 cm³/mol. The van der Waals surface area contributed by atoms with Crippen molar-refractivity contribution in [3.63, 3.8) is 0 Å². The average molecular weight is 412 g/mol. The highest BCUT2D eigenvalue weighted by Crippen LogP contribution is 2.22. The normalized spacial score (nSPS) is 10.8. The number of aryl methyl sites for hydroxylation is 1. The van der Waals surface area contributed by atoms with Gasteiger partial charge in [-0.05, 0) is 49.2 Å². The van der Waals surface area contributed by atoms with Crippen molar-refractivity contribution in [2.45, 2.75) is 20.3 Å². The van der Waals surface area contributed by atoms with Crippen LogP contribution in [-0.4, -0.2) is 28.3 Å². The van der Waals surface area contributed by atoms with Gasteiger partial charge in [-0.2, -0.15) is 0 Å². The monoisotopic (exact) mass is 412 g/mol. The van der Waals surface area contributed by atoms with Gasteiger partial charge in [0, 0.05) is 47.5 Å². The first-order chi connectivity index (χ1) is 15.0. The van der Waals surface area contributed by atoms with Crippen LogP contribution in [-0.2, 0) is 11.2 Å². The highest BCUT2D eigenvalue weighted by Gasteiger charge is 2.10. The van der Waals surface area contributed by atoms with Gasteiger partial charge in [0.1, 0.15) is 0 Å². The number of hydrogen-bond acceptors (Lipinski definition) is 3. The molecule has 0 aliphatic heterocycles. The SMILES string of the molecule is CC(=O)Nc1ccc(-c2ccc(C(=O)NCCc3c(C)[nH]c4ccccc34)cn2)cc1. The van der Waals surface area contributed by atoms with Crippen LogP contribution in [0.1, 0.15) is 28.5 Å². The number of H-pyrrole nitrogens is 1. The number of rotatable bonds is 6. The average Bonchev–Trinajstić information content (AvgIpc) is 3.09. The van der Waals surface area contributed by atoms with E-state index >= 15 is 0 Å². The molecular formula is C25H24N4O2. The van der Waals surface area contributed by atoms with Crippen molar-refractivity contribution in [1.82, 2.24) is 15.3 Å². The third-order valence-electron chi connectivity index (χ3n) is 5.21. The highest BCUT2D eigenvalue weighted by atomic mass is 16.2. The summed E-state index contributed by atoms with van der Waals surface area (Å²) in [7, 11) is 0. The molecule has 0 saturated carbocycles. The molecule has 0 bridgehead atoms. The van der Waals surface area contributed by atoms with Crippen molar-refractivity contribution < 1.29 is 9.59 Å². The largest absolute Gasteiger partial charge is 0.358 e. The third-order valence-corrected chi connectivity index (χ3v) is 5.21. The Morgan fingerprint density at radius 1 is 1.00 bits per heavy atom. The van der Waals surface area contributed by atoms with Gasteiger partial charge in [0.2, 0.25) is 5.91 Å². The Morgan fingerprint density at radius 2 is 1.77 bits per heavy atom. The zero-order chi connectivity index (χ0) is 21.8. The maximum atomic E-state index is 12.5. The number of nitrogens with zero attached hydrogens (tertiary/aromatic N) is 1. The molecule has 4 rings (SSSR count). The predicted octanol–water partition coefficient (Wildman–Crippen LogP) is 4.47. The number of aromatic amines is 1. The molecule has 2 aromatic heterocycles. The lowest BCUT2D eigenvalue weighted by atomic mass is 10.1. The van der Waals surface area contributed by atoms with E-state index in [4.69, 9.17) is 0 Å². The summed E-state index contributed by atoms with van der Waals surface area (Å²) in [6.45, 7) is 4.08. The van der Waals surface area contributed by atoms with Crippen LogP contribution < -0.4 is 10.6 Å². The van der Waals surface area contributed by atoms with Gasteiger partial charge < -0.3 is 15.6 Å². The van der Waals surface area contributed by atoms with Gasteiger partial charge >= 0.3 is 0 Å². The molecule has 0 spiro atoms. The smallest absolute Gasteiger partial charge is 0.252 e. The minimum absolute atomic E-state index is 0.110. The molecule has 6 nitrogen and oxygen atoms in total. The lowest BCUT2D eigenvalue weighted by molar-refractivity contribution is -0.114. The molecule has 0 saturated heterocycles. The summed E-state index contributed by atoms with van der Waals surface area (Å²) in [6, 6.07) is 19.2. The van der Waals surface area contributed by atoms with Crippen molar-refractivity contribution in [2.24, 2.45) is 0 Å². The zero-order valence-electron chi connectivity index (χ0n) is 17.5. The number of hydrogen-bond donors (Lipinski definition) is 3. The molecule has 2 amide bonds. The van der Waals surface area contributed by atoms with Gasteiger partial charge in [-0.1, -0.05) is 30.3 Å². The first-order valence-electron chi connectivity index (χ1n) is 10.2. The first kappa shape index (κ1) is 20.3. The number of amides is 2. The van der Waals surface area contributed by atoms with E-state index in [1.165, 1.54) is 17.9 Å². The second-order valence-electron chi connectivity index (χ2n) is 7.47. The maximum Gasteiger partial charge on any atom is 0.252 e. The fraction of sp³-hybridized carbons (Fsp3) is 0.160. The van der Waals surface area contributed by atoms with Crippen molar-refractivity contribution in [3.8, 4) is 11.3 Å². The second kappa shape index (κ2) is 8.83. The number of anilines is 1. The Balaban J connectivity index is 1.37. The van der Waals surface area contributed by atoms with E-state index in [0.29, 0.717) is 12.1 Å². The molecule has 4 aromatic rings. The zero-order valence-corrected chi connectivity index (χ0v) is 17.5. The Hall–Kier alpha value is -3.93. The molecule has 156 valence electrons. The number of nitrogens with one attached hydrogen (secondary N) is 3. The Kier molecular flexibility index (Phi) is 5.80. The Labute approximate surface area is 180 Å². The van der Waals surface area contributed by atoms with E-state index in [9.17, 15) is 9.59 Å². The molecule has 0 aliphatic rings. The van der Waals surface area contributed by atoms with E-state index in [-0.39, 0.29) is 11.8 Å². The van der Waals surface area contributed by atoms with Gasteiger partial charge in [-0.25, -0.2) is 0 Å². The number of carbonyl (C=O) groups is 2. The number of pyridine rings is 1. The molecular weight excluding hydrogens is 388 g/mol. The minimum Gasteiger partial charge on any atom is -0.358 e. The lowest BCUT2D eigenvalue weighted by Crippen LogP contribution is -2.25. The minimum atomic E-state index is -0.141. The van der Waals surface area contributed by atoms with Gasteiger partial charge in [0.25, 0.3) is 5.91 Å². The molecule has 31 heavy (non-hydrogen) atoms. The fourth-order valence-corrected chi connectivity index (χ4v) is 3.69. The summed E-state index contributed by atoms with van der Waals surface area (Å²) in [4.78, 5) is 31.4. The Morgan fingerprint density at radius 3 is 2.48 bits per heavy atom. The molecule has 0 fully saturated rings. The van der Waals surface area contributed by atoms with Crippen LogP contribution in [0.5, 0.6) is 0 Å². The topological polar surface area (TPSA) is 86.9 Å². The molecule has 0 radical (unpaired) electrons. The van der Waals surface area contributed by atoms with Gasteiger partial charge in [-0.3, -0.25) is 14.6 Å². The summed E-state index contributed by atoms with van der Waals surface area (Å²) in [5.74, 6) is -0.251. The summed E-state index contributed by atoms with van der Waals surface area (Å²) in [6.07, 6.45) is 2.34. The van der Waals surface area contributed by atoms with E-state index in [0.717, 1.165) is 34.6 Å². The summed E-state index contributed by atoms with van der Waals surface area (Å²) in [5.41, 5.74) is 6.41. The van der Waals surface area contributed by atoms with Crippen LogP contribution in [0.4, 0.5) is 5.69 Å². The van der Waals surface area contributed by atoms with E-state index in [1.807, 2.05) is 42.5 Å². The number of para-hydroxylation sites is 1. The molecule has 2 aromatic carbocycles. The Bertz CT molecular complexity index is 1220. The third kappa shape index (κ3) is 4.64. The van der Waals surface area contributed by atoms with Crippen LogP contribution in [0.15, 0.2) is 66.9 Å². The van der Waals surface area contributed by atoms with Crippen LogP contribution >= 0.6 is 0 Å². The van der Waals surface area contributed by atoms with Crippen LogP contribution in [0.3, 0.4) is 0 Å².